The Kier molecular flexibility index (Phi) is 4.14. The number of hydrogen-bond acceptors (Lipinski definition) is 5. The average Bonchev–Trinajstić information content (AvgIpc) is 3.07. The maximum absolute atomic E-state index is 12.4. The second-order valence-corrected chi connectivity index (χ2v) is 6.64. The van der Waals surface area contributed by atoms with Crippen LogP contribution in [0.25, 0.3) is 0 Å². The smallest absolute Gasteiger partial charge is 0.324 e. The summed E-state index contributed by atoms with van der Waals surface area (Å²) in [6.07, 6.45) is 4.53. The highest BCUT2D eigenvalue weighted by Gasteiger charge is 2.51. The van der Waals surface area contributed by atoms with Crippen LogP contribution in [0.15, 0.2) is 10.6 Å². The van der Waals surface area contributed by atoms with Gasteiger partial charge >= 0.3 is 6.03 Å². The maximum Gasteiger partial charge on any atom is 0.324 e. The number of rotatable bonds is 4. The van der Waals surface area contributed by atoms with E-state index in [2.05, 4.69) is 15.2 Å². The van der Waals surface area contributed by atoms with Crippen LogP contribution < -0.4 is 5.32 Å². The third-order valence-electron chi connectivity index (χ3n) is 5.05. The van der Waals surface area contributed by atoms with Gasteiger partial charge in [-0.05, 0) is 26.3 Å². The summed E-state index contributed by atoms with van der Waals surface area (Å²) >= 11 is 0. The van der Waals surface area contributed by atoms with Crippen molar-refractivity contribution in [1.82, 2.24) is 20.1 Å². The van der Waals surface area contributed by atoms with Gasteiger partial charge in [-0.25, -0.2) is 9.78 Å². The van der Waals surface area contributed by atoms with Gasteiger partial charge in [0.1, 0.15) is 11.3 Å². The van der Waals surface area contributed by atoms with Crippen LogP contribution in [0.2, 0.25) is 0 Å². The molecule has 0 aliphatic carbocycles. The second kappa shape index (κ2) is 5.96. The molecule has 7 nitrogen and oxygen atoms in total. The van der Waals surface area contributed by atoms with Crippen molar-refractivity contribution in [3.8, 4) is 0 Å². The number of oxazole rings is 1. The summed E-state index contributed by atoms with van der Waals surface area (Å²) in [6, 6.07) is -0.310. The van der Waals surface area contributed by atoms with Crippen LogP contribution in [0.1, 0.15) is 38.3 Å². The van der Waals surface area contributed by atoms with E-state index >= 15 is 0 Å². The molecule has 3 amide bonds. The van der Waals surface area contributed by atoms with Crippen molar-refractivity contribution in [3.63, 3.8) is 0 Å². The van der Waals surface area contributed by atoms with E-state index in [1.807, 2.05) is 13.8 Å². The van der Waals surface area contributed by atoms with Crippen LogP contribution in [0.3, 0.4) is 0 Å². The number of hydrogen-bond donors (Lipinski definition) is 1. The molecule has 1 N–H and O–H groups in total. The molecule has 3 rings (SSSR count). The van der Waals surface area contributed by atoms with Gasteiger partial charge in [0.25, 0.3) is 5.91 Å². The van der Waals surface area contributed by atoms with E-state index in [4.69, 9.17) is 4.42 Å². The normalized spacial score (nSPS) is 29.2. The predicted molar refractivity (Wildman–Crippen MR) is 83.6 cm³/mol. The van der Waals surface area contributed by atoms with Crippen molar-refractivity contribution in [3.05, 3.63) is 17.8 Å². The molecule has 0 saturated carbocycles. The summed E-state index contributed by atoms with van der Waals surface area (Å²) in [6.45, 7) is 6.22. The van der Waals surface area contributed by atoms with Crippen LogP contribution in [-0.2, 0) is 17.8 Å². The molecule has 2 atom stereocenters. The van der Waals surface area contributed by atoms with E-state index in [-0.39, 0.29) is 17.9 Å². The highest BCUT2D eigenvalue weighted by Crippen LogP contribution is 2.32. The highest BCUT2D eigenvalue weighted by atomic mass is 16.4. The second-order valence-electron chi connectivity index (χ2n) is 6.64. The Bertz CT molecular complexity index is 614. The Balaban J connectivity index is 1.68. The third-order valence-corrected chi connectivity index (χ3v) is 5.05. The van der Waals surface area contributed by atoms with E-state index in [1.165, 1.54) is 11.9 Å². The van der Waals surface area contributed by atoms with Crippen molar-refractivity contribution in [1.29, 1.82) is 0 Å². The molecule has 0 radical (unpaired) electrons. The zero-order valence-corrected chi connectivity index (χ0v) is 14.0. The summed E-state index contributed by atoms with van der Waals surface area (Å²) in [5.74, 6) is 1.56. The standard InChI is InChI=1S/C16H24N4O3/c1-4-12-8-17-13(23-12)10-20-7-5-6-11(9-20)16(2)14(21)19(3)15(22)18-16/h8,11H,4-7,9-10H2,1-3H3,(H,18,22)/t11-,16+/m1/s1. The summed E-state index contributed by atoms with van der Waals surface area (Å²) in [4.78, 5) is 32.0. The Hall–Kier alpha value is -1.89. The number of nitrogens with zero attached hydrogens (tertiary/aromatic N) is 3. The summed E-state index contributed by atoms with van der Waals surface area (Å²) in [5, 5.41) is 2.87. The quantitative estimate of drug-likeness (QED) is 0.848. The Morgan fingerprint density at radius 1 is 1.48 bits per heavy atom. The fourth-order valence-electron chi connectivity index (χ4n) is 3.52. The lowest BCUT2D eigenvalue weighted by atomic mass is 9.80. The molecule has 1 aromatic rings. The van der Waals surface area contributed by atoms with Gasteiger partial charge in [0.05, 0.1) is 12.7 Å². The zero-order valence-electron chi connectivity index (χ0n) is 14.0. The van der Waals surface area contributed by atoms with Gasteiger partial charge in [0, 0.05) is 25.9 Å². The maximum atomic E-state index is 12.4. The van der Waals surface area contributed by atoms with Crippen molar-refractivity contribution in [2.24, 2.45) is 5.92 Å². The lowest BCUT2D eigenvalue weighted by Crippen LogP contribution is -2.55. The first-order valence-corrected chi connectivity index (χ1v) is 8.20. The lowest BCUT2D eigenvalue weighted by molar-refractivity contribution is -0.132. The number of nitrogens with one attached hydrogen (secondary N) is 1. The van der Waals surface area contributed by atoms with Gasteiger partial charge in [-0.2, -0.15) is 0 Å². The Morgan fingerprint density at radius 2 is 2.26 bits per heavy atom. The fourth-order valence-corrected chi connectivity index (χ4v) is 3.52. The van der Waals surface area contributed by atoms with E-state index < -0.39 is 5.54 Å². The SMILES string of the molecule is CCc1cnc(CN2CCC[C@@H]([C@]3(C)NC(=O)N(C)C3=O)C2)o1. The van der Waals surface area contributed by atoms with Crippen LogP contribution in [-0.4, -0.2) is 52.4 Å². The van der Waals surface area contributed by atoms with Crippen LogP contribution >= 0.6 is 0 Å². The minimum Gasteiger partial charge on any atom is -0.444 e. The number of aromatic nitrogens is 1. The van der Waals surface area contributed by atoms with Gasteiger partial charge in [0.2, 0.25) is 5.89 Å². The molecule has 2 aliphatic heterocycles. The molecular formula is C16H24N4O3. The first-order valence-electron chi connectivity index (χ1n) is 8.20. The molecule has 126 valence electrons. The van der Waals surface area contributed by atoms with E-state index in [0.29, 0.717) is 12.4 Å². The van der Waals surface area contributed by atoms with E-state index in [9.17, 15) is 9.59 Å². The number of carbonyl (C=O) groups is 2. The summed E-state index contributed by atoms with van der Waals surface area (Å²) < 4.78 is 5.68. The fraction of sp³-hybridized carbons (Fsp3) is 0.688. The molecule has 0 unspecified atom stereocenters. The predicted octanol–water partition coefficient (Wildman–Crippen LogP) is 1.39. The molecule has 0 bridgehead atoms. The minimum atomic E-state index is -0.810. The lowest BCUT2D eigenvalue weighted by Gasteiger charge is -2.39. The molecule has 2 aliphatic rings. The first-order chi connectivity index (χ1) is 10.9. The molecule has 2 saturated heterocycles. The topological polar surface area (TPSA) is 78.7 Å². The van der Waals surface area contributed by atoms with Gasteiger partial charge in [-0.15, -0.1) is 0 Å². The van der Waals surface area contributed by atoms with Gasteiger partial charge in [0.15, 0.2) is 0 Å². The van der Waals surface area contributed by atoms with Gasteiger partial charge in [-0.3, -0.25) is 14.6 Å². The first kappa shape index (κ1) is 16.0. The average molecular weight is 320 g/mol. The van der Waals surface area contributed by atoms with Crippen molar-refractivity contribution in [2.75, 3.05) is 20.1 Å². The van der Waals surface area contributed by atoms with Crippen molar-refractivity contribution in [2.45, 2.75) is 45.2 Å². The van der Waals surface area contributed by atoms with Crippen LogP contribution in [0, 0.1) is 5.92 Å². The van der Waals surface area contributed by atoms with Crippen LogP contribution in [0.5, 0.6) is 0 Å². The molecule has 3 heterocycles. The number of piperidine rings is 1. The number of likely N-dealkylation sites (tertiary alicyclic amines) is 1. The molecule has 2 fully saturated rings. The zero-order chi connectivity index (χ0) is 16.6. The number of aryl methyl sites for hydroxylation is 1. The molecule has 0 aromatic carbocycles. The Labute approximate surface area is 136 Å². The molecule has 0 spiro atoms. The molecular weight excluding hydrogens is 296 g/mol. The number of urea groups is 1. The highest BCUT2D eigenvalue weighted by molar-refractivity contribution is 6.06. The Morgan fingerprint density at radius 3 is 2.87 bits per heavy atom. The van der Waals surface area contributed by atoms with E-state index in [1.54, 1.807) is 6.20 Å². The summed E-state index contributed by atoms with van der Waals surface area (Å²) in [7, 11) is 1.53. The molecule has 1 aromatic heterocycles. The number of carbonyl (C=O) groups excluding carboxylic acids is 2. The minimum absolute atomic E-state index is 0.0956. The largest absolute Gasteiger partial charge is 0.444 e. The molecule has 23 heavy (non-hydrogen) atoms. The van der Waals surface area contributed by atoms with Gasteiger partial charge < -0.3 is 9.73 Å². The third kappa shape index (κ3) is 2.85. The van der Waals surface area contributed by atoms with E-state index in [0.717, 1.165) is 38.1 Å². The molecule has 7 heteroatoms. The monoisotopic (exact) mass is 320 g/mol. The summed E-state index contributed by atoms with van der Waals surface area (Å²) in [5.41, 5.74) is -0.810. The van der Waals surface area contributed by atoms with Crippen LogP contribution in [0.4, 0.5) is 4.79 Å². The van der Waals surface area contributed by atoms with Crippen molar-refractivity contribution >= 4 is 11.9 Å². The number of amides is 3. The van der Waals surface area contributed by atoms with Gasteiger partial charge in [-0.1, -0.05) is 6.92 Å². The number of likely N-dealkylation sites (N-methyl/N-ethyl adjacent to an activating group) is 1. The number of imide groups is 1. The van der Waals surface area contributed by atoms with Crippen molar-refractivity contribution < 1.29 is 14.0 Å².